The van der Waals surface area contributed by atoms with E-state index in [-0.39, 0.29) is 0 Å². The van der Waals surface area contributed by atoms with E-state index < -0.39 is 0 Å². The van der Waals surface area contributed by atoms with Crippen LogP contribution in [0.4, 0.5) is 0 Å². The Kier molecular flexibility index (Phi) is 3.65. The molecule has 0 aliphatic carbocycles. The van der Waals surface area contributed by atoms with Gasteiger partial charge in [0.05, 0.1) is 12.7 Å². The summed E-state index contributed by atoms with van der Waals surface area (Å²) in [7, 11) is 0. The van der Waals surface area contributed by atoms with Gasteiger partial charge in [-0.1, -0.05) is 0 Å². The molecule has 0 aromatic carbocycles. The molecule has 0 aromatic rings. The molecule has 1 aliphatic rings. The minimum Gasteiger partial charge on any atom is -0.372 e. The Labute approximate surface area is 44.0 Å². The zero-order valence-corrected chi connectivity index (χ0v) is 4.39. The maximum atomic E-state index is 5.11. The van der Waals surface area contributed by atoms with Gasteiger partial charge in [0.15, 0.2) is 0 Å². The monoisotopic (exact) mass is 101 g/mol. The van der Waals surface area contributed by atoms with Gasteiger partial charge < -0.3 is 10.5 Å². The summed E-state index contributed by atoms with van der Waals surface area (Å²) in [6.45, 7) is 7.58. The van der Waals surface area contributed by atoms with Crippen molar-refractivity contribution in [3.8, 4) is 0 Å². The third kappa shape index (κ3) is 3.49. The second-order valence-corrected chi connectivity index (χ2v) is 1.19. The van der Waals surface area contributed by atoms with E-state index in [4.69, 9.17) is 10.5 Å². The van der Waals surface area contributed by atoms with Gasteiger partial charge in [0.2, 0.25) is 0 Å². The van der Waals surface area contributed by atoms with E-state index in [0.29, 0.717) is 12.6 Å². The van der Waals surface area contributed by atoms with Gasteiger partial charge in [-0.3, -0.25) is 0 Å². The number of ether oxygens (including phenoxy) is 1. The van der Waals surface area contributed by atoms with Gasteiger partial charge in [0, 0.05) is 6.54 Å². The molecule has 0 spiro atoms. The molecule has 1 fully saturated rings. The number of hydrogen-bond donors (Lipinski definition) is 1. The molecule has 1 aliphatic heterocycles. The highest BCUT2D eigenvalue weighted by atomic mass is 16.6. The summed E-state index contributed by atoms with van der Waals surface area (Å²) < 4.78 is 4.73. The quantitative estimate of drug-likeness (QED) is 0.377. The largest absolute Gasteiger partial charge is 0.372 e. The van der Waals surface area contributed by atoms with E-state index >= 15 is 0 Å². The Morgan fingerprint density at radius 1 is 1.71 bits per heavy atom. The highest BCUT2D eigenvalue weighted by Crippen LogP contribution is 2.03. The van der Waals surface area contributed by atoms with E-state index in [2.05, 4.69) is 13.2 Å². The van der Waals surface area contributed by atoms with E-state index in [9.17, 15) is 0 Å². The molecule has 1 rings (SSSR count). The van der Waals surface area contributed by atoms with Crippen LogP contribution < -0.4 is 5.73 Å². The fourth-order valence-electron chi connectivity index (χ4n) is 0.204. The molecule has 42 valence electrons. The molecule has 1 unspecified atom stereocenters. The molecule has 0 bridgehead atoms. The summed E-state index contributed by atoms with van der Waals surface area (Å²) in [5.74, 6) is 0. The summed E-state index contributed by atoms with van der Waals surface area (Å²) in [5.41, 5.74) is 5.11. The predicted octanol–water partition coefficient (Wildman–Crippen LogP) is 0.146. The first-order valence-electron chi connectivity index (χ1n) is 2.25. The third-order valence-electron chi connectivity index (χ3n) is 0.665. The molecule has 1 saturated heterocycles. The zero-order chi connectivity index (χ0) is 5.70. The van der Waals surface area contributed by atoms with E-state index in [1.807, 2.05) is 0 Å². The second kappa shape index (κ2) is 3.84. The van der Waals surface area contributed by atoms with Crippen LogP contribution in [-0.2, 0) is 4.74 Å². The molecule has 0 radical (unpaired) electrons. The van der Waals surface area contributed by atoms with Crippen molar-refractivity contribution in [2.75, 3.05) is 13.2 Å². The van der Waals surface area contributed by atoms with Crippen LogP contribution in [0.1, 0.15) is 0 Å². The van der Waals surface area contributed by atoms with Crippen molar-refractivity contribution in [3.05, 3.63) is 13.2 Å². The standard InChI is InChI=1S/C3H7NO.C2H4/c4-1-3-2-5-3;1-2/h3H,1-2,4H2;1-2H2. The Bertz CT molecular complexity index is 43.3. The minimum absolute atomic E-state index is 0.412. The number of epoxide rings is 1. The Morgan fingerprint density at radius 3 is 2.14 bits per heavy atom. The van der Waals surface area contributed by atoms with Gasteiger partial charge in [-0.05, 0) is 0 Å². The molecule has 0 saturated carbocycles. The zero-order valence-electron chi connectivity index (χ0n) is 4.39. The van der Waals surface area contributed by atoms with Crippen LogP contribution in [0.3, 0.4) is 0 Å². The maximum Gasteiger partial charge on any atom is 0.0931 e. The van der Waals surface area contributed by atoms with Gasteiger partial charge in [-0.25, -0.2) is 0 Å². The average molecular weight is 101 g/mol. The van der Waals surface area contributed by atoms with Gasteiger partial charge in [0.1, 0.15) is 0 Å². The molecular weight excluding hydrogens is 90.1 g/mol. The maximum absolute atomic E-state index is 5.11. The van der Waals surface area contributed by atoms with Crippen LogP contribution in [0.25, 0.3) is 0 Å². The van der Waals surface area contributed by atoms with Crippen molar-refractivity contribution >= 4 is 0 Å². The van der Waals surface area contributed by atoms with Crippen molar-refractivity contribution in [1.29, 1.82) is 0 Å². The van der Waals surface area contributed by atoms with Crippen molar-refractivity contribution < 1.29 is 4.74 Å². The van der Waals surface area contributed by atoms with E-state index in [1.54, 1.807) is 0 Å². The van der Waals surface area contributed by atoms with Crippen molar-refractivity contribution in [1.82, 2.24) is 0 Å². The summed E-state index contributed by atoms with van der Waals surface area (Å²) in [4.78, 5) is 0. The summed E-state index contributed by atoms with van der Waals surface area (Å²) in [5, 5.41) is 0. The molecule has 1 atom stereocenters. The topological polar surface area (TPSA) is 38.5 Å². The number of hydrogen-bond acceptors (Lipinski definition) is 2. The van der Waals surface area contributed by atoms with Crippen LogP contribution in [0.2, 0.25) is 0 Å². The van der Waals surface area contributed by atoms with E-state index in [0.717, 1.165) is 6.61 Å². The smallest absolute Gasteiger partial charge is 0.0931 e. The Hall–Kier alpha value is -0.340. The first-order chi connectivity index (χ1) is 3.43. The Balaban J connectivity index is 0.000000162. The SMILES string of the molecule is C=C.NCC1CO1. The lowest BCUT2D eigenvalue weighted by atomic mass is 10.5. The molecule has 2 heteroatoms. The average Bonchev–Trinajstić information content (AvgIpc) is 2.52. The molecular formula is C5H11NO. The van der Waals surface area contributed by atoms with Crippen LogP contribution in [-0.4, -0.2) is 19.3 Å². The summed E-state index contributed by atoms with van der Waals surface area (Å²) >= 11 is 0. The number of nitrogens with two attached hydrogens (primary N) is 1. The molecule has 0 amide bonds. The minimum atomic E-state index is 0.412. The number of rotatable bonds is 1. The highest BCUT2D eigenvalue weighted by Gasteiger charge is 2.18. The van der Waals surface area contributed by atoms with Crippen LogP contribution in [0, 0.1) is 0 Å². The summed E-state index contributed by atoms with van der Waals surface area (Å²) in [6.07, 6.45) is 0.412. The van der Waals surface area contributed by atoms with Crippen LogP contribution in [0.5, 0.6) is 0 Å². The van der Waals surface area contributed by atoms with Crippen molar-refractivity contribution in [3.63, 3.8) is 0 Å². The van der Waals surface area contributed by atoms with Gasteiger partial charge >= 0.3 is 0 Å². The molecule has 1 heterocycles. The van der Waals surface area contributed by atoms with Gasteiger partial charge in [-0.2, -0.15) is 0 Å². The molecule has 0 aromatic heterocycles. The molecule has 2 nitrogen and oxygen atoms in total. The lowest BCUT2D eigenvalue weighted by Crippen LogP contribution is -2.05. The van der Waals surface area contributed by atoms with Gasteiger partial charge in [0.25, 0.3) is 0 Å². The van der Waals surface area contributed by atoms with Gasteiger partial charge in [-0.15, -0.1) is 13.2 Å². The van der Waals surface area contributed by atoms with E-state index in [1.165, 1.54) is 0 Å². The predicted molar refractivity (Wildman–Crippen MR) is 30.0 cm³/mol. The summed E-state index contributed by atoms with van der Waals surface area (Å²) in [6, 6.07) is 0. The fourth-order valence-corrected chi connectivity index (χ4v) is 0.204. The third-order valence-corrected chi connectivity index (χ3v) is 0.665. The highest BCUT2D eigenvalue weighted by molar-refractivity contribution is 4.67. The fraction of sp³-hybridized carbons (Fsp3) is 0.600. The molecule has 7 heavy (non-hydrogen) atoms. The van der Waals surface area contributed by atoms with Crippen molar-refractivity contribution in [2.45, 2.75) is 6.10 Å². The molecule has 2 N–H and O–H groups in total. The second-order valence-electron chi connectivity index (χ2n) is 1.19. The van der Waals surface area contributed by atoms with Crippen LogP contribution >= 0.6 is 0 Å². The normalized spacial score (nSPS) is 25.0. The first kappa shape index (κ1) is 6.66. The van der Waals surface area contributed by atoms with Crippen molar-refractivity contribution in [2.24, 2.45) is 5.73 Å². The first-order valence-corrected chi connectivity index (χ1v) is 2.25. The lowest BCUT2D eigenvalue weighted by Gasteiger charge is -1.71. The lowest BCUT2D eigenvalue weighted by molar-refractivity contribution is 0.412. The van der Waals surface area contributed by atoms with Crippen LogP contribution in [0.15, 0.2) is 13.2 Å². The Morgan fingerprint density at radius 2 is 2.14 bits per heavy atom.